The first-order valence-electron chi connectivity index (χ1n) is 5.92. The molecule has 1 aromatic rings. The number of unbranched alkanes of at least 4 members (excludes halogenated alkanes) is 1. The van der Waals surface area contributed by atoms with E-state index in [2.05, 4.69) is 23.7 Å². The van der Waals surface area contributed by atoms with Gasteiger partial charge in [-0.25, -0.2) is 4.99 Å². The van der Waals surface area contributed by atoms with Crippen molar-refractivity contribution < 1.29 is 0 Å². The highest BCUT2D eigenvalue weighted by molar-refractivity contribution is 5.80. The van der Waals surface area contributed by atoms with Gasteiger partial charge in [0.2, 0.25) is 0 Å². The number of benzene rings is 1. The number of hydrogen-bond donors (Lipinski definition) is 1. The zero-order valence-corrected chi connectivity index (χ0v) is 10.2. The summed E-state index contributed by atoms with van der Waals surface area (Å²) in [6.45, 7) is 6.17. The molecular formula is C13H21N3. The molecule has 2 N–H and O–H groups in total. The number of hydrogen-bond acceptors (Lipinski definition) is 1. The standard InChI is InChI=1S/C13H21N3/c1-3-5-11-16(4-2)13(14)15-12-9-7-6-8-10-12/h6-10H,3-5,11H2,1-2H3,(H2,14,15). The Morgan fingerprint density at radius 2 is 1.94 bits per heavy atom. The molecule has 0 aliphatic carbocycles. The maximum atomic E-state index is 5.98. The summed E-state index contributed by atoms with van der Waals surface area (Å²) in [7, 11) is 0. The van der Waals surface area contributed by atoms with Gasteiger partial charge in [-0.3, -0.25) is 0 Å². The second kappa shape index (κ2) is 6.88. The molecular weight excluding hydrogens is 198 g/mol. The zero-order chi connectivity index (χ0) is 11.8. The quantitative estimate of drug-likeness (QED) is 0.611. The van der Waals surface area contributed by atoms with Crippen LogP contribution in [0.5, 0.6) is 0 Å². The Kier molecular flexibility index (Phi) is 5.40. The minimum atomic E-state index is 0.613. The predicted molar refractivity (Wildman–Crippen MR) is 69.9 cm³/mol. The van der Waals surface area contributed by atoms with Crippen LogP contribution < -0.4 is 5.73 Å². The van der Waals surface area contributed by atoms with Gasteiger partial charge in [-0.1, -0.05) is 31.5 Å². The fraction of sp³-hybridized carbons (Fsp3) is 0.462. The lowest BCUT2D eigenvalue weighted by Gasteiger charge is -2.21. The molecule has 0 radical (unpaired) electrons. The highest BCUT2D eigenvalue weighted by Crippen LogP contribution is 2.10. The van der Waals surface area contributed by atoms with Crippen molar-refractivity contribution >= 4 is 11.6 Å². The smallest absolute Gasteiger partial charge is 0.196 e. The Hall–Kier alpha value is -1.51. The highest BCUT2D eigenvalue weighted by Gasteiger charge is 2.04. The first-order valence-corrected chi connectivity index (χ1v) is 5.92. The van der Waals surface area contributed by atoms with Gasteiger partial charge < -0.3 is 10.6 Å². The van der Waals surface area contributed by atoms with Crippen molar-refractivity contribution in [3.63, 3.8) is 0 Å². The van der Waals surface area contributed by atoms with Crippen molar-refractivity contribution in [3.05, 3.63) is 30.3 Å². The van der Waals surface area contributed by atoms with Gasteiger partial charge >= 0.3 is 0 Å². The maximum Gasteiger partial charge on any atom is 0.196 e. The van der Waals surface area contributed by atoms with E-state index in [9.17, 15) is 0 Å². The molecule has 3 heteroatoms. The summed E-state index contributed by atoms with van der Waals surface area (Å²) >= 11 is 0. The third kappa shape index (κ3) is 3.93. The number of rotatable bonds is 5. The number of nitrogens with two attached hydrogens (primary N) is 1. The summed E-state index contributed by atoms with van der Waals surface area (Å²) in [5.74, 6) is 0.613. The minimum absolute atomic E-state index is 0.613. The van der Waals surface area contributed by atoms with E-state index in [0.29, 0.717) is 5.96 Å². The van der Waals surface area contributed by atoms with Crippen LogP contribution in [0.15, 0.2) is 35.3 Å². The number of nitrogens with zero attached hydrogens (tertiary/aromatic N) is 2. The van der Waals surface area contributed by atoms with Gasteiger partial charge in [-0.05, 0) is 25.5 Å². The largest absolute Gasteiger partial charge is 0.369 e. The molecule has 88 valence electrons. The molecule has 0 saturated heterocycles. The zero-order valence-electron chi connectivity index (χ0n) is 10.2. The van der Waals surface area contributed by atoms with Crippen LogP contribution in [0.4, 0.5) is 5.69 Å². The number of guanidine groups is 1. The SMILES string of the molecule is CCCCN(CC)C(N)=Nc1ccccc1. The Morgan fingerprint density at radius 1 is 1.25 bits per heavy atom. The predicted octanol–water partition coefficient (Wildman–Crippen LogP) is 2.75. The van der Waals surface area contributed by atoms with Gasteiger partial charge in [0.15, 0.2) is 5.96 Å². The summed E-state index contributed by atoms with van der Waals surface area (Å²) in [6.07, 6.45) is 2.33. The van der Waals surface area contributed by atoms with Crippen LogP contribution in [0, 0.1) is 0 Å². The summed E-state index contributed by atoms with van der Waals surface area (Å²) in [5, 5.41) is 0. The van der Waals surface area contributed by atoms with Crippen molar-refractivity contribution in [2.24, 2.45) is 10.7 Å². The van der Waals surface area contributed by atoms with Crippen LogP contribution in [0.1, 0.15) is 26.7 Å². The van der Waals surface area contributed by atoms with Crippen molar-refractivity contribution in [3.8, 4) is 0 Å². The van der Waals surface area contributed by atoms with Gasteiger partial charge in [0.25, 0.3) is 0 Å². The van der Waals surface area contributed by atoms with E-state index in [1.54, 1.807) is 0 Å². The third-order valence-corrected chi connectivity index (χ3v) is 2.49. The molecule has 0 aromatic heterocycles. The molecule has 0 unspecified atom stereocenters. The Balaban J connectivity index is 2.67. The number of aliphatic imine (C=N–C) groups is 1. The van der Waals surface area contributed by atoms with E-state index in [0.717, 1.165) is 25.2 Å². The topological polar surface area (TPSA) is 41.6 Å². The molecule has 0 saturated carbocycles. The number of para-hydroxylation sites is 1. The van der Waals surface area contributed by atoms with Crippen molar-refractivity contribution in [2.45, 2.75) is 26.7 Å². The van der Waals surface area contributed by atoms with E-state index < -0.39 is 0 Å². The normalized spacial score (nSPS) is 11.5. The van der Waals surface area contributed by atoms with Crippen LogP contribution in [0.2, 0.25) is 0 Å². The van der Waals surface area contributed by atoms with Crippen LogP contribution in [0.3, 0.4) is 0 Å². The molecule has 0 bridgehead atoms. The monoisotopic (exact) mass is 219 g/mol. The van der Waals surface area contributed by atoms with Gasteiger partial charge in [-0.2, -0.15) is 0 Å². The summed E-state index contributed by atoms with van der Waals surface area (Å²) in [4.78, 5) is 6.51. The molecule has 3 nitrogen and oxygen atoms in total. The molecule has 1 aromatic carbocycles. The summed E-state index contributed by atoms with van der Waals surface area (Å²) in [5.41, 5.74) is 6.89. The van der Waals surface area contributed by atoms with Gasteiger partial charge in [-0.15, -0.1) is 0 Å². The van der Waals surface area contributed by atoms with E-state index in [4.69, 9.17) is 5.73 Å². The van der Waals surface area contributed by atoms with E-state index >= 15 is 0 Å². The lowest BCUT2D eigenvalue weighted by Crippen LogP contribution is -2.37. The average Bonchev–Trinajstić information content (AvgIpc) is 2.31. The Morgan fingerprint density at radius 3 is 2.50 bits per heavy atom. The summed E-state index contributed by atoms with van der Waals surface area (Å²) in [6, 6.07) is 9.83. The van der Waals surface area contributed by atoms with Crippen LogP contribution in [0.25, 0.3) is 0 Å². The third-order valence-electron chi connectivity index (χ3n) is 2.49. The van der Waals surface area contributed by atoms with Crippen LogP contribution in [-0.2, 0) is 0 Å². The minimum Gasteiger partial charge on any atom is -0.369 e. The Bertz CT molecular complexity index is 319. The second-order valence-electron chi connectivity index (χ2n) is 3.74. The van der Waals surface area contributed by atoms with Crippen molar-refractivity contribution in [1.29, 1.82) is 0 Å². The summed E-state index contributed by atoms with van der Waals surface area (Å²) < 4.78 is 0. The van der Waals surface area contributed by atoms with E-state index in [-0.39, 0.29) is 0 Å². The van der Waals surface area contributed by atoms with E-state index in [1.165, 1.54) is 6.42 Å². The van der Waals surface area contributed by atoms with Gasteiger partial charge in [0.05, 0.1) is 5.69 Å². The molecule has 0 atom stereocenters. The molecule has 0 fully saturated rings. The highest BCUT2D eigenvalue weighted by atomic mass is 15.2. The fourth-order valence-electron chi connectivity index (χ4n) is 1.49. The van der Waals surface area contributed by atoms with Gasteiger partial charge in [0, 0.05) is 13.1 Å². The fourth-order valence-corrected chi connectivity index (χ4v) is 1.49. The van der Waals surface area contributed by atoms with E-state index in [1.807, 2.05) is 30.3 Å². The van der Waals surface area contributed by atoms with Crippen LogP contribution in [-0.4, -0.2) is 23.9 Å². The molecule has 0 amide bonds. The van der Waals surface area contributed by atoms with Crippen molar-refractivity contribution in [1.82, 2.24) is 4.90 Å². The lowest BCUT2D eigenvalue weighted by atomic mass is 10.3. The molecule has 16 heavy (non-hydrogen) atoms. The molecule has 1 rings (SSSR count). The van der Waals surface area contributed by atoms with Crippen molar-refractivity contribution in [2.75, 3.05) is 13.1 Å². The Labute approximate surface area is 98.0 Å². The molecule has 0 aliphatic rings. The first-order chi connectivity index (χ1) is 7.77. The molecule has 0 heterocycles. The maximum absolute atomic E-state index is 5.98. The second-order valence-corrected chi connectivity index (χ2v) is 3.74. The lowest BCUT2D eigenvalue weighted by molar-refractivity contribution is 0.424. The molecule has 0 spiro atoms. The first kappa shape index (κ1) is 12.6. The average molecular weight is 219 g/mol. The molecule has 0 aliphatic heterocycles. The van der Waals surface area contributed by atoms with Gasteiger partial charge in [0.1, 0.15) is 0 Å². The van der Waals surface area contributed by atoms with Crippen LogP contribution >= 0.6 is 0 Å².